The van der Waals surface area contributed by atoms with Gasteiger partial charge in [-0.25, -0.2) is 0 Å². The maximum atomic E-state index is 11.5. The first-order valence-electron chi connectivity index (χ1n) is 7.06. The highest BCUT2D eigenvalue weighted by molar-refractivity contribution is 5.76. The van der Waals surface area contributed by atoms with Crippen molar-refractivity contribution in [1.29, 1.82) is 0 Å². The van der Waals surface area contributed by atoms with Gasteiger partial charge in [0, 0.05) is 32.0 Å². The van der Waals surface area contributed by atoms with Crippen molar-refractivity contribution in [2.24, 2.45) is 0 Å². The monoisotopic (exact) mass is 260 g/mol. The van der Waals surface area contributed by atoms with Gasteiger partial charge in [-0.1, -0.05) is 12.1 Å². The molecular weight excluding hydrogens is 240 g/mol. The van der Waals surface area contributed by atoms with Crippen molar-refractivity contribution in [2.45, 2.75) is 38.3 Å². The minimum absolute atomic E-state index is 0.164. The van der Waals surface area contributed by atoms with E-state index in [-0.39, 0.29) is 5.91 Å². The average Bonchev–Trinajstić information content (AvgIpc) is 3.09. The molecule has 4 nitrogen and oxygen atoms in total. The Balaban J connectivity index is 1.38. The van der Waals surface area contributed by atoms with Crippen LogP contribution in [0.1, 0.15) is 30.4 Å². The van der Waals surface area contributed by atoms with E-state index in [1.165, 1.54) is 11.1 Å². The van der Waals surface area contributed by atoms with E-state index in [2.05, 4.69) is 22.8 Å². The summed E-state index contributed by atoms with van der Waals surface area (Å²) in [7, 11) is 0. The summed E-state index contributed by atoms with van der Waals surface area (Å²) in [5.74, 6) is 1.19. The Hall–Kier alpha value is -1.55. The van der Waals surface area contributed by atoms with E-state index in [4.69, 9.17) is 4.74 Å². The zero-order valence-electron chi connectivity index (χ0n) is 11.1. The van der Waals surface area contributed by atoms with Gasteiger partial charge in [0.25, 0.3) is 0 Å². The summed E-state index contributed by atoms with van der Waals surface area (Å²) in [5, 5.41) is 6.31. The highest BCUT2D eigenvalue weighted by Gasteiger charge is 2.22. The second-order valence-electron chi connectivity index (χ2n) is 5.31. The second kappa shape index (κ2) is 5.61. The minimum Gasteiger partial charge on any atom is -0.493 e. The zero-order valence-corrected chi connectivity index (χ0v) is 11.1. The first kappa shape index (κ1) is 12.5. The lowest BCUT2D eigenvalue weighted by atomic mass is 10.1. The minimum atomic E-state index is 0.164. The molecule has 2 aliphatic rings. The fraction of sp³-hybridized carbons (Fsp3) is 0.533. The van der Waals surface area contributed by atoms with Gasteiger partial charge in [-0.3, -0.25) is 4.79 Å². The van der Waals surface area contributed by atoms with Gasteiger partial charge in [-0.2, -0.15) is 0 Å². The number of nitrogens with one attached hydrogen (secondary N) is 2. The molecule has 0 radical (unpaired) electrons. The normalized spacial score (nSPS) is 16.8. The van der Waals surface area contributed by atoms with Crippen molar-refractivity contribution in [2.75, 3.05) is 13.2 Å². The molecule has 1 aliphatic heterocycles. The van der Waals surface area contributed by atoms with Crippen LogP contribution in [0.15, 0.2) is 18.2 Å². The molecule has 2 N–H and O–H groups in total. The summed E-state index contributed by atoms with van der Waals surface area (Å²) in [6, 6.07) is 6.78. The molecule has 1 aromatic rings. The number of carbonyl (C=O) groups is 1. The summed E-state index contributed by atoms with van der Waals surface area (Å²) < 4.78 is 5.48. The Morgan fingerprint density at radius 1 is 1.37 bits per heavy atom. The van der Waals surface area contributed by atoms with Crippen molar-refractivity contribution in [3.63, 3.8) is 0 Å². The molecule has 1 amide bonds. The number of fused-ring (bicyclic) bond motifs is 1. The average molecular weight is 260 g/mol. The lowest BCUT2D eigenvalue weighted by Gasteiger charge is -2.07. The van der Waals surface area contributed by atoms with Gasteiger partial charge in [-0.15, -0.1) is 0 Å². The fourth-order valence-corrected chi connectivity index (χ4v) is 2.31. The van der Waals surface area contributed by atoms with Crippen LogP contribution in [0.3, 0.4) is 0 Å². The van der Waals surface area contributed by atoms with Crippen molar-refractivity contribution >= 4 is 5.91 Å². The first-order valence-corrected chi connectivity index (χ1v) is 7.06. The summed E-state index contributed by atoms with van der Waals surface area (Å²) in [5.41, 5.74) is 2.55. The molecule has 19 heavy (non-hydrogen) atoms. The molecule has 1 fully saturated rings. The number of amides is 1. The fourth-order valence-electron chi connectivity index (χ4n) is 2.31. The first-order chi connectivity index (χ1) is 9.31. The van der Waals surface area contributed by atoms with Gasteiger partial charge < -0.3 is 15.4 Å². The van der Waals surface area contributed by atoms with Gasteiger partial charge >= 0.3 is 0 Å². The zero-order chi connectivity index (χ0) is 13.1. The largest absolute Gasteiger partial charge is 0.493 e. The van der Waals surface area contributed by atoms with Crippen LogP contribution in [0.4, 0.5) is 0 Å². The molecule has 102 valence electrons. The van der Waals surface area contributed by atoms with Crippen molar-refractivity contribution < 1.29 is 9.53 Å². The molecular formula is C15H20N2O2. The predicted octanol–water partition coefficient (Wildman–Crippen LogP) is 1.38. The van der Waals surface area contributed by atoms with Crippen molar-refractivity contribution in [3.05, 3.63) is 29.3 Å². The molecule has 1 aromatic carbocycles. The Bertz CT molecular complexity index is 469. The van der Waals surface area contributed by atoms with E-state index in [1.54, 1.807) is 0 Å². The van der Waals surface area contributed by atoms with E-state index in [0.717, 1.165) is 44.7 Å². The van der Waals surface area contributed by atoms with E-state index >= 15 is 0 Å². The van der Waals surface area contributed by atoms with Crippen molar-refractivity contribution in [3.8, 4) is 5.75 Å². The molecule has 3 rings (SSSR count). The van der Waals surface area contributed by atoms with Gasteiger partial charge in [-0.05, 0) is 30.0 Å². The lowest BCUT2D eigenvalue weighted by Crippen LogP contribution is -2.29. The van der Waals surface area contributed by atoms with Crippen molar-refractivity contribution in [1.82, 2.24) is 10.6 Å². The second-order valence-corrected chi connectivity index (χ2v) is 5.31. The molecule has 0 atom stereocenters. The van der Waals surface area contributed by atoms with Crippen LogP contribution in [0.2, 0.25) is 0 Å². The van der Waals surface area contributed by atoms with Gasteiger partial charge in [0.2, 0.25) is 5.91 Å². The van der Waals surface area contributed by atoms with E-state index in [9.17, 15) is 4.79 Å². The quantitative estimate of drug-likeness (QED) is 0.760. The molecule has 0 bridgehead atoms. The van der Waals surface area contributed by atoms with Gasteiger partial charge in [0.15, 0.2) is 0 Å². The molecule has 1 heterocycles. The number of hydrogen-bond acceptors (Lipinski definition) is 3. The predicted molar refractivity (Wildman–Crippen MR) is 73.1 cm³/mol. The Morgan fingerprint density at radius 3 is 3.11 bits per heavy atom. The number of benzene rings is 1. The molecule has 0 unspecified atom stereocenters. The number of carbonyl (C=O) groups excluding carboxylic acids is 1. The molecule has 0 aromatic heterocycles. The summed E-state index contributed by atoms with van der Waals surface area (Å²) in [6.45, 7) is 2.34. The number of rotatable bonds is 6. The van der Waals surface area contributed by atoms with Crippen LogP contribution in [0.5, 0.6) is 5.75 Å². The van der Waals surface area contributed by atoms with Gasteiger partial charge in [0.1, 0.15) is 5.75 Å². The molecule has 0 saturated heterocycles. The van der Waals surface area contributed by atoms with Crippen LogP contribution in [-0.2, 0) is 17.8 Å². The van der Waals surface area contributed by atoms with Crippen LogP contribution in [-0.4, -0.2) is 25.1 Å². The Labute approximate surface area is 113 Å². The molecule has 1 saturated carbocycles. The van der Waals surface area contributed by atoms with Crippen LogP contribution >= 0.6 is 0 Å². The third-order valence-electron chi connectivity index (χ3n) is 3.55. The van der Waals surface area contributed by atoms with Crippen LogP contribution in [0, 0.1) is 0 Å². The van der Waals surface area contributed by atoms with E-state index in [1.807, 2.05) is 6.07 Å². The van der Waals surface area contributed by atoms with E-state index in [0.29, 0.717) is 12.5 Å². The van der Waals surface area contributed by atoms with Gasteiger partial charge in [0.05, 0.1) is 6.61 Å². The Kier molecular flexibility index (Phi) is 3.69. The molecule has 1 aliphatic carbocycles. The smallest absolute Gasteiger partial charge is 0.221 e. The third-order valence-corrected chi connectivity index (χ3v) is 3.55. The lowest BCUT2D eigenvalue weighted by molar-refractivity contribution is -0.121. The summed E-state index contributed by atoms with van der Waals surface area (Å²) in [6.07, 6.45) is 3.87. The number of hydrogen-bond donors (Lipinski definition) is 2. The third kappa shape index (κ3) is 3.47. The van der Waals surface area contributed by atoms with Crippen LogP contribution < -0.4 is 15.4 Å². The summed E-state index contributed by atoms with van der Waals surface area (Å²) in [4.78, 5) is 11.5. The maximum absolute atomic E-state index is 11.5. The maximum Gasteiger partial charge on any atom is 0.221 e. The highest BCUT2D eigenvalue weighted by atomic mass is 16.5. The topological polar surface area (TPSA) is 50.4 Å². The standard InChI is InChI=1S/C15H20N2O2/c18-15(17-13-2-3-13)5-7-16-10-11-1-4-14-12(9-11)6-8-19-14/h1,4,9,13,16H,2-3,5-8,10H2,(H,17,18). The Morgan fingerprint density at radius 2 is 2.26 bits per heavy atom. The highest BCUT2D eigenvalue weighted by Crippen LogP contribution is 2.25. The van der Waals surface area contributed by atoms with Crippen LogP contribution in [0.25, 0.3) is 0 Å². The molecule has 4 heteroatoms. The summed E-state index contributed by atoms with van der Waals surface area (Å²) >= 11 is 0. The SMILES string of the molecule is O=C(CCNCc1ccc2c(c1)CCO2)NC1CC1. The molecule has 0 spiro atoms. The van der Waals surface area contributed by atoms with E-state index < -0.39 is 0 Å². The number of ether oxygens (including phenoxy) is 1.